The van der Waals surface area contributed by atoms with Gasteiger partial charge in [0.2, 0.25) is 5.95 Å². The summed E-state index contributed by atoms with van der Waals surface area (Å²) in [7, 11) is 0. The number of carbonyl (C=O) groups is 1. The lowest BCUT2D eigenvalue weighted by Crippen LogP contribution is -2.19. The van der Waals surface area contributed by atoms with Crippen LogP contribution in [-0.4, -0.2) is 31.7 Å². The molecule has 0 aromatic carbocycles. The van der Waals surface area contributed by atoms with Gasteiger partial charge in [0.1, 0.15) is 11.6 Å². The van der Waals surface area contributed by atoms with Crippen LogP contribution in [0.1, 0.15) is 42.9 Å². The maximum atomic E-state index is 12.3. The zero-order valence-corrected chi connectivity index (χ0v) is 12.8. The van der Waals surface area contributed by atoms with Crippen molar-refractivity contribution in [2.75, 3.05) is 10.6 Å². The Hall–Kier alpha value is -2.44. The molecule has 3 rings (SSSR count). The first-order valence-corrected chi connectivity index (χ1v) is 7.59. The number of nitrogens with zero attached hydrogens (tertiary/aromatic N) is 4. The average molecular weight is 300 g/mol. The Balaban J connectivity index is 1.70. The first-order chi connectivity index (χ1) is 10.6. The van der Waals surface area contributed by atoms with Crippen molar-refractivity contribution in [1.82, 2.24) is 19.7 Å². The van der Waals surface area contributed by atoms with E-state index < -0.39 is 0 Å². The van der Waals surface area contributed by atoms with Crippen molar-refractivity contribution in [3.05, 3.63) is 29.7 Å². The monoisotopic (exact) mass is 300 g/mol. The molecule has 22 heavy (non-hydrogen) atoms. The molecule has 1 aliphatic rings. The van der Waals surface area contributed by atoms with Crippen molar-refractivity contribution >= 4 is 17.7 Å². The number of amides is 1. The van der Waals surface area contributed by atoms with Crippen LogP contribution in [0.25, 0.3) is 0 Å². The first kappa shape index (κ1) is 14.5. The van der Waals surface area contributed by atoms with Gasteiger partial charge in [-0.25, -0.2) is 4.98 Å². The fourth-order valence-electron chi connectivity index (χ4n) is 2.48. The Morgan fingerprint density at radius 3 is 2.86 bits per heavy atom. The van der Waals surface area contributed by atoms with E-state index in [0.717, 1.165) is 37.4 Å². The summed E-state index contributed by atoms with van der Waals surface area (Å²) in [5.74, 6) is 2.00. The third kappa shape index (κ3) is 3.08. The minimum atomic E-state index is -0.218. The number of nitrogens with one attached hydrogen (secondary N) is 2. The molecule has 0 atom stereocenters. The molecule has 7 heteroatoms. The quantitative estimate of drug-likeness (QED) is 0.903. The lowest BCUT2D eigenvalue weighted by Gasteiger charge is -2.14. The second-order valence-electron chi connectivity index (χ2n) is 5.73. The van der Waals surface area contributed by atoms with Crippen LogP contribution in [0, 0.1) is 0 Å². The maximum Gasteiger partial charge on any atom is 0.259 e. The van der Waals surface area contributed by atoms with Crippen molar-refractivity contribution in [3.63, 3.8) is 0 Å². The molecule has 3 heterocycles. The van der Waals surface area contributed by atoms with Gasteiger partial charge in [-0.1, -0.05) is 0 Å². The van der Waals surface area contributed by atoms with Gasteiger partial charge in [0.15, 0.2) is 0 Å². The number of anilines is 2. The van der Waals surface area contributed by atoms with Gasteiger partial charge < -0.3 is 5.32 Å². The molecule has 2 N–H and O–H groups in total. The summed E-state index contributed by atoms with van der Waals surface area (Å²) in [6.07, 6.45) is 4.69. The molecule has 2 aromatic rings. The third-order valence-electron chi connectivity index (χ3n) is 3.55. The summed E-state index contributed by atoms with van der Waals surface area (Å²) in [5.41, 5.74) is 0.502. The van der Waals surface area contributed by atoms with E-state index in [9.17, 15) is 4.79 Å². The van der Waals surface area contributed by atoms with Crippen LogP contribution in [-0.2, 0) is 13.0 Å². The van der Waals surface area contributed by atoms with Gasteiger partial charge in [0, 0.05) is 25.2 Å². The highest BCUT2D eigenvalue weighted by atomic mass is 16.1. The van der Waals surface area contributed by atoms with Gasteiger partial charge in [-0.2, -0.15) is 0 Å². The summed E-state index contributed by atoms with van der Waals surface area (Å²) in [4.78, 5) is 16.5. The van der Waals surface area contributed by atoms with Gasteiger partial charge >= 0.3 is 0 Å². The van der Waals surface area contributed by atoms with Crippen LogP contribution in [0.5, 0.6) is 0 Å². The van der Waals surface area contributed by atoms with Crippen LogP contribution in [0.2, 0.25) is 0 Å². The summed E-state index contributed by atoms with van der Waals surface area (Å²) >= 11 is 0. The summed E-state index contributed by atoms with van der Waals surface area (Å²) in [5, 5.41) is 14.2. The minimum absolute atomic E-state index is 0.218. The lowest BCUT2D eigenvalue weighted by atomic mass is 10.2. The molecule has 0 aliphatic carbocycles. The largest absolute Gasteiger partial charge is 0.368 e. The van der Waals surface area contributed by atoms with E-state index in [2.05, 4.69) is 25.8 Å². The normalized spacial score (nSPS) is 13.8. The zero-order chi connectivity index (χ0) is 15.5. The van der Waals surface area contributed by atoms with Gasteiger partial charge in [0.25, 0.3) is 5.91 Å². The standard InChI is InChI=1S/C15H20N6O/c1-10(2)17-12-7-6-11(9-16-12)14(22)18-15-20-19-13-5-3-4-8-21(13)15/h6-7,9-10H,3-5,8H2,1-2H3,(H,16,17)(H,18,20,22). The van der Waals surface area contributed by atoms with E-state index in [-0.39, 0.29) is 5.91 Å². The predicted molar refractivity (Wildman–Crippen MR) is 83.9 cm³/mol. The third-order valence-corrected chi connectivity index (χ3v) is 3.55. The van der Waals surface area contributed by atoms with Gasteiger partial charge in [0.05, 0.1) is 5.56 Å². The number of hydrogen-bond donors (Lipinski definition) is 2. The Labute approximate surface area is 129 Å². The van der Waals surface area contributed by atoms with Crippen LogP contribution < -0.4 is 10.6 Å². The van der Waals surface area contributed by atoms with Crippen molar-refractivity contribution in [3.8, 4) is 0 Å². The Morgan fingerprint density at radius 1 is 1.27 bits per heavy atom. The molecule has 0 bridgehead atoms. The Morgan fingerprint density at radius 2 is 2.14 bits per heavy atom. The van der Waals surface area contributed by atoms with Crippen LogP contribution in [0.15, 0.2) is 18.3 Å². The first-order valence-electron chi connectivity index (χ1n) is 7.59. The molecule has 116 valence electrons. The summed E-state index contributed by atoms with van der Waals surface area (Å²) in [6.45, 7) is 4.93. The smallest absolute Gasteiger partial charge is 0.259 e. The number of aryl methyl sites for hydroxylation is 1. The molecular formula is C15H20N6O. The number of carbonyl (C=O) groups excluding carboxylic acids is 1. The molecule has 1 aliphatic heterocycles. The molecule has 2 aromatic heterocycles. The highest BCUT2D eigenvalue weighted by Crippen LogP contribution is 2.18. The topological polar surface area (TPSA) is 84.7 Å². The van der Waals surface area contributed by atoms with E-state index >= 15 is 0 Å². The van der Waals surface area contributed by atoms with Crippen LogP contribution in [0.4, 0.5) is 11.8 Å². The van der Waals surface area contributed by atoms with Crippen molar-refractivity contribution in [1.29, 1.82) is 0 Å². The molecule has 0 spiro atoms. The lowest BCUT2D eigenvalue weighted by molar-refractivity contribution is 0.102. The number of fused-ring (bicyclic) bond motifs is 1. The Kier molecular flexibility index (Phi) is 4.04. The van der Waals surface area contributed by atoms with Gasteiger partial charge in [-0.3, -0.25) is 14.7 Å². The maximum absolute atomic E-state index is 12.3. The van der Waals surface area contributed by atoms with Crippen LogP contribution in [0.3, 0.4) is 0 Å². The van der Waals surface area contributed by atoms with Crippen molar-refractivity contribution < 1.29 is 4.79 Å². The second kappa shape index (κ2) is 6.13. The molecule has 0 radical (unpaired) electrons. The molecule has 0 saturated heterocycles. The molecule has 1 amide bonds. The minimum Gasteiger partial charge on any atom is -0.368 e. The number of pyridine rings is 1. The second-order valence-corrected chi connectivity index (χ2v) is 5.73. The molecular weight excluding hydrogens is 280 g/mol. The summed E-state index contributed by atoms with van der Waals surface area (Å²) in [6, 6.07) is 3.85. The van der Waals surface area contributed by atoms with Crippen molar-refractivity contribution in [2.45, 2.75) is 45.7 Å². The predicted octanol–water partition coefficient (Wildman–Crippen LogP) is 2.08. The molecule has 0 fully saturated rings. The molecule has 0 saturated carbocycles. The number of hydrogen-bond acceptors (Lipinski definition) is 5. The average Bonchev–Trinajstić information content (AvgIpc) is 2.91. The summed E-state index contributed by atoms with van der Waals surface area (Å²) < 4.78 is 1.98. The van der Waals surface area contributed by atoms with Gasteiger partial charge in [-0.15, -0.1) is 10.2 Å². The molecule has 0 unspecified atom stereocenters. The highest BCUT2D eigenvalue weighted by molar-refractivity contribution is 6.03. The van der Waals surface area contributed by atoms with E-state index in [1.807, 2.05) is 18.4 Å². The molecule has 7 nitrogen and oxygen atoms in total. The fraction of sp³-hybridized carbons (Fsp3) is 0.467. The zero-order valence-electron chi connectivity index (χ0n) is 12.8. The highest BCUT2D eigenvalue weighted by Gasteiger charge is 2.18. The SMILES string of the molecule is CC(C)Nc1ccc(C(=O)Nc2nnc3n2CCCC3)cn1. The van der Waals surface area contributed by atoms with Gasteiger partial charge in [-0.05, 0) is 38.8 Å². The van der Waals surface area contributed by atoms with E-state index in [0.29, 0.717) is 17.6 Å². The number of aromatic nitrogens is 4. The Bertz CT molecular complexity index is 661. The van der Waals surface area contributed by atoms with E-state index in [1.54, 1.807) is 18.3 Å². The van der Waals surface area contributed by atoms with Crippen molar-refractivity contribution in [2.24, 2.45) is 0 Å². The van der Waals surface area contributed by atoms with E-state index in [1.165, 1.54) is 0 Å². The van der Waals surface area contributed by atoms with Crippen LogP contribution >= 0.6 is 0 Å². The van der Waals surface area contributed by atoms with E-state index in [4.69, 9.17) is 0 Å². The number of rotatable bonds is 4. The fourth-order valence-corrected chi connectivity index (χ4v) is 2.48.